The Morgan fingerprint density at radius 3 is 2.85 bits per heavy atom. The predicted molar refractivity (Wildman–Crippen MR) is 78.1 cm³/mol. The summed E-state index contributed by atoms with van der Waals surface area (Å²) >= 11 is 0. The normalized spacial score (nSPS) is 18.9. The van der Waals surface area contributed by atoms with Gasteiger partial charge in [-0.25, -0.2) is 0 Å². The van der Waals surface area contributed by atoms with Crippen LogP contribution >= 0.6 is 0 Å². The monoisotopic (exact) mass is 279 g/mol. The number of furan rings is 1. The first-order chi connectivity index (χ1) is 9.72. The molecule has 5 nitrogen and oxygen atoms in total. The number of rotatable bonds is 7. The zero-order chi connectivity index (χ0) is 14.4. The van der Waals surface area contributed by atoms with E-state index in [0.717, 1.165) is 31.7 Å². The average Bonchev–Trinajstić information content (AvgIpc) is 3.12. The lowest BCUT2D eigenvalue weighted by atomic mass is 10.1. The van der Waals surface area contributed by atoms with E-state index in [1.165, 1.54) is 12.8 Å². The molecule has 1 fully saturated rings. The molecule has 0 spiro atoms. The highest BCUT2D eigenvalue weighted by Crippen LogP contribution is 2.24. The van der Waals surface area contributed by atoms with Crippen LogP contribution in [0.15, 0.2) is 22.8 Å². The lowest BCUT2D eigenvalue weighted by Crippen LogP contribution is -2.44. The zero-order valence-electron chi connectivity index (χ0n) is 12.2. The van der Waals surface area contributed by atoms with E-state index < -0.39 is 6.04 Å². The topological polar surface area (TPSA) is 71.5 Å². The molecule has 3 N–H and O–H groups in total. The Labute approximate surface area is 120 Å². The lowest BCUT2D eigenvalue weighted by molar-refractivity contribution is -0.122. The third kappa shape index (κ3) is 3.84. The third-order valence-corrected chi connectivity index (χ3v) is 3.86. The Bertz CT molecular complexity index is 399. The van der Waals surface area contributed by atoms with Crippen LogP contribution in [0.4, 0.5) is 0 Å². The molecule has 0 bridgehead atoms. The van der Waals surface area contributed by atoms with Gasteiger partial charge in [-0.2, -0.15) is 0 Å². The first kappa shape index (κ1) is 15.1. The molecule has 0 aromatic carbocycles. The summed E-state index contributed by atoms with van der Waals surface area (Å²) in [6.45, 7) is 4.71. The number of hydrogen-bond donors (Lipinski definition) is 2. The molecule has 1 aliphatic heterocycles. The highest BCUT2D eigenvalue weighted by Gasteiger charge is 2.26. The van der Waals surface area contributed by atoms with Crippen LogP contribution in [-0.2, 0) is 4.79 Å². The molecule has 0 saturated carbocycles. The molecule has 0 aliphatic carbocycles. The highest BCUT2D eigenvalue weighted by molar-refractivity contribution is 5.81. The zero-order valence-corrected chi connectivity index (χ0v) is 12.2. The molecule has 1 amide bonds. The second kappa shape index (κ2) is 7.45. The van der Waals surface area contributed by atoms with Crippen LogP contribution in [0.2, 0.25) is 0 Å². The van der Waals surface area contributed by atoms with Gasteiger partial charge in [0.05, 0.1) is 18.3 Å². The molecule has 20 heavy (non-hydrogen) atoms. The summed E-state index contributed by atoms with van der Waals surface area (Å²) < 4.78 is 5.52. The smallest absolute Gasteiger partial charge is 0.236 e. The number of amides is 1. The summed E-state index contributed by atoms with van der Waals surface area (Å²) in [5, 5.41) is 2.97. The number of hydrogen-bond acceptors (Lipinski definition) is 4. The maximum Gasteiger partial charge on any atom is 0.236 e. The minimum Gasteiger partial charge on any atom is -0.468 e. The van der Waals surface area contributed by atoms with E-state index in [9.17, 15) is 4.79 Å². The summed E-state index contributed by atoms with van der Waals surface area (Å²) in [5.41, 5.74) is 5.84. The molecule has 1 saturated heterocycles. The van der Waals surface area contributed by atoms with Gasteiger partial charge in [-0.05, 0) is 44.5 Å². The first-order valence-corrected chi connectivity index (χ1v) is 7.53. The Kier molecular flexibility index (Phi) is 5.61. The fourth-order valence-electron chi connectivity index (χ4n) is 2.71. The van der Waals surface area contributed by atoms with Crippen LogP contribution in [0.3, 0.4) is 0 Å². The molecule has 1 aromatic rings. The van der Waals surface area contributed by atoms with Crippen LogP contribution in [-0.4, -0.2) is 36.5 Å². The molecule has 2 heterocycles. The Morgan fingerprint density at radius 2 is 2.25 bits per heavy atom. The number of carbonyl (C=O) groups excluding carboxylic acids is 1. The van der Waals surface area contributed by atoms with Crippen LogP contribution in [0.5, 0.6) is 0 Å². The third-order valence-electron chi connectivity index (χ3n) is 3.86. The van der Waals surface area contributed by atoms with Gasteiger partial charge in [0.25, 0.3) is 0 Å². The largest absolute Gasteiger partial charge is 0.468 e. The van der Waals surface area contributed by atoms with Crippen LogP contribution in [0.1, 0.15) is 44.4 Å². The Morgan fingerprint density at radius 1 is 1.50 bits per heavy atom. The van der Waals surface area contributed by atoms with Crippen molar-refractivity contribution in [3.63, 3.8) is 0 Å². The van der Waals surface area contributed by atoms with E-state index in [0.29, 0.717) is 6.54 Å². The van der Waals surface area contributed by atoms with Crippen molar-refractivity contribution < 1.29 is 9.21 Å². The van der Waals surface area contributed by atoms with E-state index in [1.54, 1.807) is 6.26 Å². The molecule has 2 atom stereocenters. The van der Waals surface area contributed by atoms with Gasteiger partial charge in [0.2, 0.25) is 5.91 Å². The van der Waals surface area contributed by atoms with Crippen LogP contribution < -0.4 is 11.1 Å². The number of carbonyl (C=O) groups is 1. The van der Waals surface area contributed by atoms with Crippen molar-refractivity contribution in [2.24, 2.45) is 5.73 Å². The molecule has 0 radical (unpaired) electrons. The predicted octanol–water partition coefficient (Wildman–Crippen LogP) is 1.66. The molecular weight excluding hydrogens is 254 g/mol. The standard InChI is InChI=1S/C15H25N3O2/c1-2-6-12(16)15(19)17-11-13(14-7-5-10-20-14)18-8-3-4-9-18/h5,7,10,12-13H,2-4,6,8-9,11,16H2,1H3,(H,17,19)/t12-,13?/m1/s1. The first-order valence-electron chi connectivity index (χ1n) is 7.53. The van der Waals surface area contributed by atoms with Crippen molar-refractivity contribution in [3.05, 3.63) is 24.2 Å². The molecule has 112 valence electrons. The van der Waals surface area contributed by atoms with Gasteiger partial charge in [-0.15, -0.1) is 0 Å². The summed E-state index contributed by atoms with van der Waals surface area (Å²) in [5.74, 6) is 0.846. The van der Waals surface area contributed by atoms with Gasteiger partial charge in [0.15, 0.2) is 0 Å². The van der Waals surface area contributed by atoms with Gasteiger partial charge in [-0.3, -0.25) is 9.69 Å². The molecule has 1 aliphatic rings. The lowest BCUT2D eigenvalue weighted by Gasteiger charge is -2.26. The number of likely N-dealkylation sites (tertiary alicyclic amines) is 1. The maximum absolute atomic E-state index is 11.9. The molecular formula is C15H25N3O2. The summed E-state index contributed by atoms with van der Waals surface area (Å²) in [7, 11) is 0. The molecule has 5 heteroatoms. The van der Waals surface area contributed by atoms with Crippen molar-refractivity contribution >= 4 is 5.91 Å². The summed E-state index contributed by atoms with van der Waals surface area (Å²) in [6.07, 6.45) is 5.74. The van der Waals surface area contributed by atoms with Gasteiger partial charge < -0.3 is 15.5 Å². The Hall–Kier alpha value is -1.33. The summed E-state index contributed by atoms with van der Waals surface area (Å²) in [4.78, 5) is 14.3. The fourth-order valence-corrected chi connectivity index (χ4v) is 2.71. The highest BCUT2D eigenvalue weighted by atomic mass is 16.3. The minimum absolute atomic E-state index is 0.0670. The van der Waals surface area contributed by atoms with Crippen LogP contribution in [0.25, 0.3) is 0 Å². The van der Waals surface area contributed by atoms with Crippen LogP contribution in [0, 0.1) is 0 Å². The van der Waals surface area contributed by atoms with Gasteiger partial charge in [-0.1, -0.05) is 13.3 Å². The molecule has 1 unspecified atom stereocenters. The maximum atomic E-state index is 11.9. The summed E-state index contributed by atoms with van der Waals surface area (Å²) in [6, 6.07) is 3.57. The van der Waals surface area contributed by atoms with Crippen molar-refractivity contribution in [2.75, 3.05) is 19.6 Å². The molecule has 2 rings (SSSR count). The van der Waals surface area contributed by atoms with E-state index >= 15 is 0 Å². The van der Waals surface area contributed by atoms with Gasteiger partial charge >= 0.3 is 0 Å². The van der Waals surface area contributed by atoms with E-state index in [-0.39, 0.29) is 11.9 Å². The minimum atomic E-state index is -0.407. The quantitative estimate of drug-likeness (QED) is 0.796. The second-order valence-electron chi connectivity index (χ2n) is 5.41. The average molecular weight is 279 g/mol. The van der Waals surface area contributed by atoms with Crippen molar-refractivity contribution in [1.29, 1.82) is 0 Å². The van der Waals surface area contributed by atoms with Gasteiger partial charge in [0.1, 0.15) is 5.76 Å². The number of nitrogens with one attached hydrogen (secondary N) is 1. The number of nitrogens with zero attached hydrogens (tertiary/aromatic N) is 1. The van der Waals surface area contributed by atoms with E-state index in [4.69, 9.17) is 10.2 Å². The fraction of sp³-hybridized carbons (Fsp3) is 0.667. The number of nitrogens with two attached hydrogens (primary N) is 1. The second-order valence-corrected chi connectivity index (χ2v) is 5.41. The molecule has 1 aromatic heterocycles. The van der Waals surface area contributed by atoms with Gasteiger partial charge in [0, 0.05) is 6.54 Å². The van der Waals surface area contributed by atoms with E-state index in [2.05, 4.69) is 10.2 Å². The SMILES string of the molecule is CCC[C@@H](N)C(=O)NCC(c1ccco1)N1CCCC1. The Balaban J connectivity index is 1.93. The van der Waals surface area contributed by atoms with Crippen molar-refractivity contribution in [1.82, 2.24) is 10.2 Å². The van der Waals surface area contributed by atoms with Crippen molar-refractivity contribution in [2.45, 2.75) is 44.7 Å². The van der Waals surface area contributed by atoms with E-state index in [1.807, 2.05) is 19.1 Å². The van der Waals surface area contributed by atoms with Crippen molar-refractivity contribution in [3.8, 4) is 0 Å².